The molecule has 0 radical (unpaired) electrons. The fourth-order valence-electron chi connectivity index (χ4n) is 3.06. The average Bonchev–Trinajstić information content (AvgIpc) is 3.41. The Hall–Kier alpha value is -3.74. The molecule has 4 rings (SSSR count). The maximum absolute atomic E-state index is 12.4. The lowest BCUT2D eigenvalue weighted by Crippen LogP contribution is -2.31. The van der Waals surface area contributed by atoms with E-state index in [-0.39, 0.29) is 18.6 Å². The summed E-state index contributed by atoms with van der Waals surface area (Å²) in [6, 6.07) is 16.2. The molecule has 0 fully saturated rings. The van der Waals surface area contributed by atoms with Crippen molar-refractivity contribution in [3.63, 3.8) is 0 Å². The minimum atomic E-state index is -0.695. The molecule has 3 aromatic rings. The van der Waals surface area contributed by atoms with Crippen LogP contribution in [0.3, 0.4) is 0 Å². The van der Waals surface area contributed by atoms with Crippen LogP contribution in [0, 0.1) is 0 Å². The Labute approximate surface area is 167 Å². The van der Waals surface area contributed by atoms with Crippen LogP contribution < -0.4 is 14.8 Å². The average molecular weight is 393 g/mol. The van der Waals surface area contributed by atoms with Crippen molar-refractivity contribution in [1.82, 2.24) is 5.32 Å². The molecule has 1 aromatic heterocycles. The van der Waals surface area contributed by atoms with E-state index < -0.39 is 18.5 Å². The van der Waals surface area contributed by atoms with Gasteiger partial charge < -0.3 is 23.9 Å². The van der Waals surface area contributed by atoms with Crippen molar-refractivity contribution in [3.8, 4) is 22.6 Å². The van der Waals surface area contributed by atoms with Gasteiger partial charge in [0.25, 0.3) is 5.91 Å². The molecule has 0 spiro atoms. The normalized spacial score (nSPS) is 13.0. The van der Waals surface area contributed by atoms with Crippen LogP contribution in [0.25, 0.3) is 11.1 Å². The van der Waals surface area contributed by atoms with E-state index in [1.807, 2.05) is 49.4 Å². The second-order valence-electron chi connectivity index (χ2n) is 6.51. The number of furan rings is 1. The predicted octanol–water partition coefficient (Wildman–Crippen LogP) is 3.71. The van der Waals surface area contributed by atoms with Crippen molar-refractivity contribution in [2.45, 2.75) is 13.0 Å². The number of ether oxygens (including phenoxy) is 3. The van der Waals surface area contributed by atoms with Crippen LogP contribution in [0.5, 0.6) is 11.5 Å². The van der Waals surface area contributed by atoms with Crippen LogP contribution in [0.2, 0.25) is 0 Å². The second-order valence-corrected chi connectivity index (χ2v) is 6.51. The molecule has 148 valence electrons. The minimum Gasteiger partial charge on any atom is -0.457 e. The third kappa shape index (κ3) is 4.08. The van der Waals surface area contributed by atoms with E-state index in [9.17, 15) is 9.59 Å². The van der Waals surface area contributed by atoms with Crippen LogP contribution in [-0.4, -0.2) is 25.3 Å². The zero-order valence-electron chi connectivity index (χ0n) is 15.7. The van der Waals surface area contributed by atoms with Gasteiger partial charge in [-0.05, 0) is 36.2 Å². The molecule has 0 saturated heterocycles. The fourth-order valence-corrected chi connectivity index (χ4v) is 3.06. The van der Waals surface area contributed by atoms with E-state index in [0.717, 1.165) is 11.1 Å². The van der Waals surface area contributed by atoms with Crippen LogP contribution in [0.4, 0.5) is 0 Å². The predicted molar refractivity (Wildman–Crippen MR) is 104 cm³/mol. The smallest absolute Gasteiger partial charge is 0.375 e. The van der Waals surface area contributed by atoms with E-state index in [4.69, 9.17) is 18.6 Å². The van der Waals surface area contributed by atoms with Gasteiger partial charge in [-0.25, -0.2) is 4.79 Å². The largest absolute Gasteiger partial charge is 0.457 e. The standard InChI is InChI=1S/C22H19NO6/c1-14(16-7-8-18-19(11-16)29-13-28-18)23-20(24)12-27-22(25)21-17(9-10-26-21)15-5-3-2-4-6-15/h2-11,14H,12-13H2,1H3,(H,23,24). The highest BCUT2D eigenvalue weighted by atomic mass is 16.7. The summed E-state index contributed by atoms with van der Waals surface area (Å²) in [5.41, 5.74) is 2.30. The molecule has 1 N–H and O–H groups in total. The van der Waals surface area contributed by atoms with Crippen molar-refractivity contribution in [1.29, 1.82) is 0 Å². The Balaban J connectivity index is 1.34. The molecule has 0 bridgehead atoms. The highest BCUT2D eigenvalue weighted by Gasteiger charge is 2.21. The number of hydrogen-bond donors (Lipinski definition) is 1. The van der Waals surface area contributed by atoms with Crippen LogP contribution in [-0.2, 0) is 9.53 Å². The van der Waals surface area contributed by atoms with Crippen molar-refractivity contribution in [2.75, 3.05) is 13.4 Å². The van der Waals surface area contributed by atoms with Gasteiger partial charge in [0, 0.05) is 5.56 Å². The number of carbonyl (C=O) groups is 2. The van der Waals surface area contributed by atoms with Gasteiger partial charge >= 0.3 is 5.97 Å². The van der Waals surface area contributed by atoms with Crippen molar-refractivity contribution in [3.05, 3.63) is 72.2 Å². The van der Waals surface area contributed by atoms with Gasteiger partial charge in [-0.3, -0.25) is 4.79 Å². The Kier molecular flexibility index (Phi) is 5.20. The van der Waals surface area contributed by atoms with Crippen LogP contribution >= 0.6 is 0 Å². The summed E-state index contributed by atoms with van der Waals surface area (Å²) < 4.78 is 21.0. The molecular weight excluding hydrogens is 374 g/mol. The maximum Gasteiger partial charge on any atom is 0.375 e. The quantitative estimate of drug-likeness (QED) is 0.643. The lowest BCUT2D eigenvalue weighted by Gasteiger charge is -2.15. The summed E-state index contributed by atoms with van der Waals surface area (Å²) in [6.45, 7) is 1.60. The molecule has 29 heavy (non-hydrogen) atoms. The van der Waals surface area contributed by atoms with Crippen LogP contribution in [0.15, 0.2) is 65.3 Å². The molecule has 7 nitrogen and oxygen atoms in total. The summed E-state index contributed by atoms with van der Waals surface area (Å²) in [5.74, 6) is 0.263. The van der Waals surface area contributed by atoms with E-state index in [2.05, 4.69) is 5.32 Å². The number of benzene rings is 2. The molecule has 7 heteroatoms. The highest BCUT2D eigenvalue weighted by Crippen LogP contribution is 2.34. The van der Waals surface area contributed by atoms with Gasteiger partial charge in [-0.2, -0.15) is 0 Å². The number of esters is 1. The zero-order valence-corrected chi connectivity index (χ0v) is 15.7. The first-order chi connectivity index (χ1) is 14.1. The monoisotopic (exact) mass is 393 g/mol. The topological polar surface area (TPSA) is 87.0 Å². The number of nitrogens with one attached hydrogen (secondary N) is 1. The lowest BCUT2D eigenvalue weighted by molar-refractivity contribution is -0.124. The van der Waals surface area contributed by atoms with Gasteiger partial charge in [0.15, 0.2) is 18.1 Å². The van der Waals surface area contributed by atoms with Gasteiger partial charge in [-0.15, -0.1) is 0 Å². The molecule has 0 aliphatic carbocycles. The maximum atomic E-state index is 12.4. The van der Waals surface area contributed by atoms with Crippen molar-refractivity contribution < 1.29 is 28.2 Å². The van der Waals surface area contributed by atoms with Gasteiger partial charge in [0.1, 0.15) is 0 Å². The van der Waals surface area contributed by atoms with E-state index >= 15 is 0 Å². The van der Waals surface area contributed by atoms with E-state index in [1.165, 1.54) is 6.26 Å². The number of carbonyl (C=O) groups excluding carboxylic acids is 2. The summed E-state index contributed by atoms with van der Waals surface area (Å²) in [5, 5.41) is 2.79. The molecule has 1 unspecified atom stereocenters. The first kappa shape index (κ1) is 18.6. The Bertz CT molecular complexity index is 1030. The molecule has 1 amide bonds. The van der Waals surface area contributed by atoms with E-state index in [1.54, 1.807) is 12.1 Å². The number of hydrogen-bond acceptors (Lipinski definition) is 6. The van der Waals surface area contributed by atoms with Gasteiger partial charge in [0.05, 0.1) is 12.3 Å². The third-order valence-corrected chi connectivity index (χ3v) is 4.54. The van der Waals surface area contributed by atoms with E-state index in [0.29, 0.717) is 17.1 Å². The second kappa shape index (κ2) is 8.10. The third-order valence-electron chi connectivity index (χ3n) is 4.54. The molecule has 1 aliphatic rings. The summed E-state index contributed by atoms with van der Waals surface area (Å²) in [4.78, 5) is 24.6. The Morgan fingerprint density at radius 3 is 2.69 bits per heavy atom. The first-order valence-corrected chi connectivity index (χ1v) is 9.11. The SMILES string of the molecule is CC(NC(=O)COC(=O)c1occc1-c1ccccc1)c1ccc2c(c1)OCO2. The zero-order chi connectivity index (χ0) is 20.2. The Morgan fingerprint density at radius 1 is 1.07 bits per heavy atom. The summed E-state index contributed by atoms with van der Waals surface area (Å²) in [6.07, 6.45) is 1.42. The van der Waals surface area contributed by atoms with Gasteiger partial charge in [0.2, 0.25) is 12.6 Å². The summed E-state index contributed by atoms with van der Waals surface area (Å²) >= 11 is 0. The number of fused-ring (bicyclic) bond motifs is 1. The Morgan fingerprint density at radius 2 is 1.86 bits per heavy atom. The molecule has 1 aliphatic heterocycles. The fraction of sp³-hybridized carbons (Fsp3) is 0.182. The molecule has 0 saturated carbocycles. The molecule has 1 atom stereocenters. The van der Waals surface area contributed by atoms with Crippen LogP contribution in [0.1, 0.15) is 29.1 Å². The van der Waals surface area contributed by atoms with Gasteiger partial charge in [-0.1, -0.05) is 36.4 Å². The van der Waals surface area contributed by atoms with Crippen molar-refractivity contribution >= 4 is 11.9 Å². The molecule has 2 heterocycles. The number of rotatable bonds is 6. The summed E-state index contributed by atoms with van der Waals surface area (Å²) in [7, 11) is 0. The molecular formula is C22H19NO6. The molecule has 2 aromatic carbocycles. The first-order valence-electron chi connectivity index (χ1n) is 9.11. The highest BCUT2D eigenvalue weighted by molar-refractivity contribution is 5.95. The minimum absolute atomic E-state index is 0.0628. The number of amides is 1. The van der Waals surface area contributed by atoms with Crippen molar-refractivity contribution in [2.24, 2.45) is 0 Å². The lowest BCUT2D eigenvalue weighted by atomic mass is 10.1.